The summed E-state index contributed by atoms with van der Waals surface area (Å²) in [6, 6.07) is 5.93. The van der Waals surface area contributed by atoms with Crippen LogP contribution in [-0.2, 0) is 4.79 Å². The van der Waals surface area contributed by atoms with Gasteiger partial charge in [-0.1, -0.05) is 12.8 Å². The van der Waals surface area contributed by atoms with Crippen molar-refractivity contribution in [2.45, 2.75) is 56.8 Å². The smallest absolute Gasteiger partial charge is 0.298 e. The van der Waals surface area contributed by atoms with Crippen LogP contribution < -0.4 is 15.5 Å². The normalized spacial score (nSPS) is 31.0. The Morgan fingerprint density at radius 3 is 2.59 bits per heavy atom. The standard InChI is InChI=1S/C26H32F2N6O3/c27-26(28)12-25(13-26)14-34(15-25)24-30-19-6-5-16(11-20(19)37-24)22(36)32-7-9-33(10-8-32)23-29-18-4-2-1-3-17(18)21(35)31-23/h5-6,11,17-18,23,29H,1-4,7-10,12-15H2,(H,31,35). The molecular weight excluding hydrogens is 482 g/mol. The fourth-order valence-corrected chi connectivity index (χ4v) is 7.04. The lowest BCUT2D eigenvalue weighted by Crippen LogP contribution is -2.69. The van der Waals surface area contributed by atoms with Crippen molar-refractivity contribution in [3.8, 4) is 0 Å². The quantitative estimate of drug-likeness (QED) is 0.650. The Bertz CT molecular complexity index is 1230. The number of alkyl halides is 2. The summed E-state index contributed by atoms with van der Waals surface area (Å²) in [5, 5.41) is 6.75. The number of oxazole rings is 1. The molecule has 9 nitrogen and oxygen atoms in total. The van der Waals surface area contributed by atoms with E-state index in [4.69, 9.17) is 4.42 Å². The Hall–Kier alpha value is -2.79. The van der Waals surface area contributed by atoms with Crippen LogP contribution in [0.4, 0.5) is 14.8 Å². The van der Waals surface area contributed by atoms with Crippen LogP contribution in [0.5, 0.6) is 0 Å². The number of nitrogens with one attached hydrogen (secondary N) is 2. The zero-order chi connectivity index (χ0) is 25.4. The maximum atomic E-state index is 13.3. The Labute approximate surface area is 213 Å². The lowest BCUT2D eigenvalue weighted by molar-refractivity contribution is -0.170. The topological polar surface area (TPSA) is 94.0 Å². The molecule has 3 aliphatic heterocycles. The molecule has 0 bridgehead atoms. The number of carbonyl (C=O) groups is 2. The summed E-state index contributed by atoms with van der Waals surface area (Å²) < 4.78 is 32.5. The number of fused-ring (bicyclic) bond motifs is 2. The van der Waals surface area contributed by atoms with Crippen molar-refractivity contribution in [2.24, 2.45) is 11.3 Å². The zero-order valence-corrected chi connectivity index (χ0v) is 20.7. The predicted octanol–water partition coefficient (Wildman–Crippen LogP) is 2.38. The van der Waals surface area contributed by atoms with Gasteiger partial charge in [0.1, 0.15) is 11.8 Å². The molecular formula is C26H32F2N6O3. The van der Waals surface area contributed by atoms with Gasteiger partial charge in [0.15, 0.2) is 5.58 Å². The summed E-state index contributed by atoms with van der Waals surface area (Å²) >= 11 is 0. The van der Waals surface area contributed by atoms with Gasteiger partial charge in [-0.3, -0.25) is 19.8 Å². The van der Waals surface area contributed by atoms with E-state index in [9.17, 15) is 18.4 Å². The first-order valence-electron chi connectivity index (χ1n) is 13.4. The summed E-state index contributed by atoms with van der Waals surface area (Å²) in [5.74, 6) is -2.38. The van der Waals surface area contributed by atoms with E-state index in [1.54, 1.807) is 18.2 Å². The molecule has 5 aliphatic rings. The number of hydrogen-bond acceptors (Lipinski definition) is 7. The highest BCUT2D eigenvalue weighted by Gasteiger charge is 2.62. The number of carbonyl (C=O) groups excluding carboxylic acids is 2. The number of benzene rings is 1. The molecule has 4 heterocycles. The number of hydrogen-bond donors (Lipinski definition) is 2. The number of anilines is 1. The summed E-state index contributed by atoms with van der Waals surface area (Å²) in [5.41, 5.74) is 1.41. The van der Waals surface area contributed by atoms with Gasteiger partial charge >= 0.3 is 0 Å². The molecule has 1 aromatic carbocycles. The number of piperazine rings is 1. The second kappa shape index (κ2) is 8.36. The van der Waals surface area contributed by atoms with E-state index in [2.05, 4.69) is 20.5 Å². The van der Waals surface area contributed by atoms with Gasteiger partial charge in [-0.2, -0.15) is 4.98 Å². The van der Waals surface area contributed by atoms with Crippen LogP contribution in [0, 0.1) is 11.3 Å². The first-order chi connectivity index (χ1) is 17.8. The minimum absolute atomic E-state index is 0.0626. The minimum atomic E-state index is -2.53. The highest BCUT2D eigenvalue weighted by Crippen LogP contribution is 2.57. The van der Waals surface area contributed by atoms with E-state index in [0.717, 1.165) is 25.7 Å². The van der Waals surface area contributed by atoms with Crippen molar-refractivity contribution in [1.29, 1.82) is 0 Å². The van der Waals surface area contributed by atoms with Gasteiger partial charge in [-0.25, -0.2) is 8.78 Å². The molecule has 198 valence electrons. The van der Waals surface area contributed by atoms with Crippen molar-refractivity contribution >= 4 is 28.9 Å². The summed E-state index contributed by atoms with van der Waals surface area (Å²) in [4.78, 5) is 36.3. The Morgan fingerprint density at radius 2 is 1.84 bits per heavy atom. The third kappa shape index (κ3) is 4.06. The van der Waals surface area contributed by atoms with Crippen molar-refractivity contribution in [3.63, 3.8) is 0 Å². The maximum Gasteiger partial charge on any atom is 0.298 e. The molecule has 3 unspecified atom stereocenters. The van der Waals surface area contributed by atoms with Gasteiger partial charge in [-0.15, -0.1) is 0 Å². The molecule has 1 spiro atoms. The van der Waals surface area contributed by atoms with Crippen molar-refractivity contribution < 1.29 is 22.8 Å². The van der Waals surface area contributed by atoms with Crippen LogP contribution in [0.1, 0.15) is 48.9 Å². The van der Waals surface area contributed by atoms with Gasteiger partial charge in [0, 0.05) is 69.1 Å². The van der Waals surface area contributed by atoms with Gasteiger partial charge in [-0.05, 0) is 31.0 Å². The molecule has 2 aliphatic carbocycles. The fourth-order valence-electron chi connectivity index (χ4n) is 7.04. The van der Waals surface area contributed by atoms with Crippen LogP contribution in [0.25, 0.3) is 11.1 Å². The molecule has 3 atom stereocenters. The summed E-state index contributed by atoms with van der Waals surface area (Å²) in [7, 11) is 0. The van der Waals surface area contributed by atoms with Gasteiger partial charge in [0.2, 0.25) is 11.8 Å². The molecule has 11 heteroatoms. The average Bonchev–Trinajstić information content (AvgIpc) is 3.28. The van der Waals surface area contributed by atoms with E-state index in [-0.39, 0.29) is 48.3 Å². The Kier molecular flexibility index (Phi) is 5.27. The molecule has 0 radical (unpaired) electrons. The highest BCUT2D eigenvalue weighted by atomic mass is 19.3. The molecule has 7 rings (SSSR count). The van der Waals surface area contributed by atoms with Gasteiger partial charge < -0.3 is 19.5 Å². The highest BCUT2D eigenvalue weighted by molar-refractivity contribution is 5.97. The lowest BCUT2D eigenvalue weighted by atomic mass is 9.61. The number of nitrogens with zero attached hydrogens (tertiary/aromatic N) is 4. The minimum Gasteiger partial charge on any atom is -0.423 e. The number of rotatable bonds is 3. The molecule has 5 fully saturated rings. The third-order valence-corrected chi connectivity index (χ3v) is 8.93. The number of aromatic nitrogens is 1. The van der Waals surface area contributed by atoms with Crippen molar-refractivity contribution in [3.05, 3.63) is 23.8 Å². The van der Waals surface area contributed by atoms with Gasteiger partial charge in [0.05, 0.1) is 5.92 Å². The van der Waals surface area contributed by atoms with Crippen LogP contribution in [-0.4, -0.2) is 84.1 Å². The van der Waals surface area contributed by atoms with Crippen LogP contribution in [0.3, 0.4) is 0 Å². The fraction of sp³-hybridized carbons (Fsp3) is 0.654. The summed E-state index contributed by atoms with van der Waals surface area (Å²) in [6.45, 7) is 3.55. The molecule has 2 aromatic rings. The van der Waals surface area contributed by atoms with E-state index in [1.165, 1.54) is 0 Å². The Morgan fingerprint density at radius 1 is 1.08 bits per heavy atom. The number of halogens is 2. The monoisotopic (exact) mass is 514 g/mol. The second-order valence-corrected chi connectivity index (χ2v) is 11.6. The molecule has 3 saturated heterocycles. The Balaban J connectivity index is 0.966. The lowest BCUT2D eigenvalue weighted by Gasteiger charge is -2.58. The molecule has 1 aromatic heterocycles. The van der Waals surface area contributed by atoms with Gasteiger partial charge in [0.25, 0.3) is 11.9 Å². The summed E-state index contributed by atoms with van der Waals surface area (Å²) in [6.07, 6.45) is 3.95. The largest absolute Gasteiger partial charge is 0.423 e. The zero-order valence-electron chi connectivity index (χ0n) is 20.7. The first kappa shape index (κ1) is 23.3. The SMILES string of the molecule is O=C1NC(N2CCN(C(=O)c3ccc4nc(N5CC6(C5)CC(F)(F)C6)oc4c3)CC2)NC2CCCCC12. The van der Waals surface area contributed by atoms with Crippen LogP contribution in [0.15, 0.2) is 22.6 Å². The number of amides is 2. The van der Waals surface area contributed by atoms with Crippen molar-refractivity contribution in [2.75, 3.05) is 44.2 Å². The molecule has 2 saturated carbocycles. The second-order valence-electron chi connectivity index (χ2n) is 11.6. The third-order valence-electron chi connectivity index (χ3n) is 8.93. The van der Waals surface area contributed by atoms with E-state index in [0.29, 0.717) is 61.9 Å². The average molecular weight is 515 g/mol. The van der Waals surface area contributed by atoms with Crippen molar-refractivity contribution in [1.82, 2.24) is 25.4 Å². The van der Waals surface area contributed by atoms with E-state index < -0.39 is 5.92 Å². The van der Waals surface area contributed by atoms with E-state index in [1.807, 2.05) is 9.80 Å². The maximum absolute atomic E-state index is 13.3. The first-order valence-corrected chi connectivity index (χ1v) is 13.4. The van der Waals surface area contributed by atoms with Crippen LogP contribution >= 0.6 is 0 Å². The van der Waals surface area contributed by atoms with E-state index >= 15 is 0 Å². The van der Waals surface area contributed by atoms with Crippen LogP contribution in [0.2, 0.25) is 0 Å². The molecule has 2 N–H and O–H groups in total. The molecule has 37 heavy (non-hydrogen) atoms. The predicted molar refractivity (Wildman–Crippen MR) is 131 cm³/mol. The molecule has 2 amide bonds.